The molecule has 384 valence electrons. The summed E-state index contributed by atoms with van der Waals surface area (Å²) in [5.41, 5.74) is 0. The van der Waals surface area contributed by atoms with Crippen LogP contribution in [0.15, 0.2) is 24.3 Å². The first-order valence-electron chi connectivity index (χ1n) is 29.1. The topological polar surface area (TPSA) is 95.9 Å². The Hall–Kier alpha value is -1.66. The molecular formula is C59H113NO5. The first-order chi connectivity index (χ1) is 32.0. The second kappa shape index (κ2) is 54.9. The largest absolute Gasteiger partial charge is 0.466 e. The van der Waals surface area contributed by atoms with E-state index in [1.807, 2.05) is 0 Å². The number of amides is 1. The monoisotopic (exact) mass is 916 g/mol. The third kappa shape index (κ3) is 51.6. The van der Waals surface area contributed by atoms with Gasteiger partial charge in [0.25, 0.3) is 0 Å². The number of aliphatic hydroxyl groups is 2. The van der Waals surface area contributed by atoms with Crippen LogP contribution in [0.5, 0.6) is 0 Å². The molecule has 0 aliphatic carbocycles. The van der Waals surface area contributed by atoms with Gasteiger partial charge >= 0.3 is 5.97 Å². The standard InChI is InChI=1S/C59H113NO5/c1-3-5-7-9-11-13-15-17-19-20-21-22-23-24-25-27-28-31-35-39-43-47-51-57(62)56(55-61)60-58(63)52-48-44-40-36-32-30-34-38-42-46-50-54-65-59(64)53-49-45-41-37-33-29-26-18-16-14-12-10-8-6-4-2/h12,14,18,26,56-57,61-62H,3-11,13,15-17,19-25,27-55H2,1-2H3,(H,60,63)/b14-12-,26-18-. The number of nitrogens with one attached hydrogen (secondary N) is 1. The Morgan fingerprint density at radius 1 is 0.431 bits per heavy atom. The van der Waals surface area contributed by atoms with Crippen LogP contribution in [0.4, 0.5) is 0 Å². The van der Waals surface area contributed by atoms with Gasteiger partial charge in [-0.1, -0.05) is 269 Å². The van der Waals surface area contributed by atoms with Gasteiger partial charge in [0.05, 0.1) is 25.4 Å². The van der Waals surface area contributed by atoms with Crippen LogP contribution in [0.3, 0.4) is 0 Å². The molecule has 6 heteroatoms. The molecule has 0 radical (unpaired) electrons. The predicted octanol–water partition coefficient (Wildman–Crippen LogP) is 17.9. The van der Waals surface area contributed by atoms with Crippen molar-refractivity contribution in [3.8, 4) is 0 Å². The summed E-state index contributed by atoms with van der Waals surface area (Å²) < 4.78 is 5.46. The van der Waals surface area contributed by atoms with E-state index in [1.165, 1.54) is 212 Å². The Kier molecular flexibility index (Phi) is 53.5. The summed E-state index contributed by atoms with van der Waals surface area (Å²) in [6, 6.07) is -0.557. The van der Waals surface area contributed by atoms with Gasteiger partial charge < -0.3 is 20.3 Å². The predicted molar refractivity (Wildman–Crippen MR) is 283 cm³/mol. The molecule has 0 bridgehead atoms. The maximum absolute atomic E-state index is 12.5. The molecule has 6 nitrogen and oxygen atoms in total. The van der Waals surface area contributed by atoms with E-state index in [1.54, 1.807) is 0 Å². The van der Waals surface area contributed by atoms with Crippen LogP contribution < -0.4 is 5.32 Å². The molecular weight excluding hydrogens is 803 g/mol. The van der Waals surface area contributed by atoms with Crippen LogP contribution in [-0.4, -0.2) is 47.4 Å². The molecule has 0 aromatic heterocycles. The number of unbranched alkanes of at least 4 members (excludes halogenated alkanes) is 39. The highest BCUT2D eigenvalue weighted by Gasteiger charge is 2.20. The van der Waals surface area contributed by atoms with Crippen LogP contribution in [0.2, 0.25) is 0 Å². The smallest absolute Gasteiger partial charge is 0.305 e. The van der Waals surface area contributed by atoms with Gasteiger partial charge in [-0.2, -0.15) is 0 Å². The SMILES string of the molecule is CCCCC/C=C\C/C=C\CCCCCCCC(=O)OCCCCCCCCCCCCCC(=O)NC(CO)C(O)CCCCCCCCCCCCCCCCCCCCCCCC. The maximum atomic E-state index is 12.5. The van der Waals surface area contributed by atoms with Crippen molar-refractivity contribution in [3.05, 3.63) is 24.3 Å². The highest BCUT2D eigenvalue weighted by atomic mass is 16.5. The molecule has 0 spiro atoms. The lowest BCUT2D eigenvalue weighted by atomic mass is 10.0. The van der Waals surface area contributed by atoms with Gasteiger partial charge in [0.1, 0.15) is 0 Å². The fourth-order valence-electron chi connectivity index (χ4n) is 9.02. The molecule has 0 rings (SSSR count). The molecule has 0 saturated carbocycles. The normalized spacial score (nSPS) is 12.7. The van der Waals surface area contributed by atoms with E-state index in [4.69, 9.17) is 4.74 Å². The summed E-state index contributed by atoms with van der Waals surface area (Å²) in [6.07, 6.45) is 65.9. The van der Waals surface area contributed by atoms with Crippen LogP contribution in [0.25, 0.3) is 0 Å². The molecule has 1 amide bonds. The van der Waals surface area contributed by atoms with Crippen molar-refractivity contribution in [1.29, 1.82) is 0 Å². The number of aliphatic hydroxyl groups excluding tert-OH is 2. The van der Waals surface area contributed by atoms with Gasteiger partial charge in [0.2, 0.25) is 5.91 Å². The Morgan fingerprint density at radius 2 is 0.769 bits per heavy atom. The second-order valence-electron chi connectivity index (χ2n) is 20.0. The summed E-state index contributed by atoms with van der Waals surface area (Å²) in [5, 5.41) is 23.3. The molecule has 0 aliphatic heterocycles. The first-order valence-corrected chi connectivity index (χ1v) is 29.1. The van der Waals surface area contributed by atoms with Gasteiger partial charge in [0, 0.05) is 12.8 Å². The molecule has 2 atom stereocenters. The molecule has 2 unspecified atom stereocenters. The average Bonchev–Trinajstić information content (AvgIpc) is 3.31. The minimum Gasteiger partial charge on any atom is -0.466 e. The van der Waals surface area contributed by atoms with Gasteiger partial charge in [-0.25, -0.2) is 0 Å². The third-order valence-corrected chi connectivity index (χ3v) is 13.5. The Balaban J connectivity index is 3.47. The van der Waals surface area contributed by atoms with E-state index in [-0.39, 0.29) is 18.5 Å². The number of ether oxygens (including phenoxy) is 1. The zero-order chi connectivity index (χ0) is 47.2. The zero-order valence-corrected chi connectivity index (χ0v) is 43.7. The van der Waals surface area contributed by atoms with Crippen molar-refractivity contribution in [2.45, 2.75) is 328 Å². The summed E-state index contributed by atoms with van der Waals surface area (Å²) in [7, 11) is 0. The molecule has 0 saturated heterocycles. The summed E-state index contributed by atoms with van der Waals surface area (Å²) in [5.74, 6) is -0.0786. The lowest BCUT2D eigenvalue weighted by Crippen LogP contribution is -2.45. The lowest BCUT2D eigenvalue weighted by Gasteiger charge is -2.22. The zero-order valence-electron chi connectivity index (χ0n) is 43.7. The third-order valence-electron chi connectivity index (χ3n) is 13.5. The molecule has 0 aromatic rings. The summed E-state index contributed by atoms with van der Waals surface area (Å²) in [6.45, 7) is 4.90. The fraction of sp³-hybridized carbons (Fsp3) is 0.898. The minimum absolute atomic E-state index is 0.0267. The highest BCUT2D eigenvalue weighted by molar-refractivity contribution is 5.76. The van der Waals surface area contributed by atoms with Gasteiger partial charge in [-0.3, -0.25) is 9.59 Å². The van der Waals surface area contributed by atoms with E-state index in [2.05, 4.69) is 43.5 Å². The minimum atomic E-state index is -0.678. The van der Waals surface area contributed by atoms with Crippen molar-refractivity contribution in [1.82, 2.24) is 5.32 Å². The molecule has 0 aromatic carbocycles. The summed E-state index contributed by atoms with van der Waals surface area (Å²) in [4.78, 5) is 24.6. The molecule has 0 aliphatic rings. The van der Waals surface area contributed by atoms with Crippen LogP contribution in [-0.2, 0) is 14.3 Å². The number of carbonyl (C=O) groups excluding carboxylic acids is 2. The highest BCUT2D eigenvalue weighted by Crippen LogP contribution is 2.17. The van der Waals surface area contributed by atoms with Crippen LogP contribution in [0, 0.1) is 0 Å². The van der Waals surface area contributed by atoms with Crippen molar-refractivity contribution in [3.63, 3.8) is 0 Å². The van der Waals surface area contributed by atoms with Crippen molar-refractivity contribution >= 4 is 11.9 Å². The molecule has 3 N–H and O–H groups in total. The fourth-order valence-corrected chi connectivity index (χ4v) is 9.02. The van der Waals surface area contributed by atoms with E-state index < -0.39 is 12.1 Å². The van der Waals surface area contributed by atoms with E-state index in [9.17, 15) is 19.8 Å². The van der Waals surface area contributed by atoms with E-state index in [0.717, 1.165) is 70.6 Å². The van der Waals surface area contributed by atoms with Gasteiger partial charge in [-0.15, -0.1) is 0 Å². The number of hydrogen-bond acceptors (Lipinski definition) is 5. The quantitative estimate of drug-likeness (QED) is 0.0321. The number of esters is 1. The molecule has 0 fully saturated rings. The van der Waals surface area contributed by atoms with Crippen LogP contribution in [0.1, 0.15) is 316 Å². The number of carbonyl (C=O) groups is 2. The van der Waals surface area contributed by atoms with Gasteiger partial charge in [0.15, 0.2) is 0 Å². The van der Waals surface area contributed by atoms with Crippen LogP contribution >= 0.6 is 0 Å². The first kappa shape index (κ1) is 63.3. The Bertz CT molecular complexity index is 1010. The van der Waals surface area contributed by atoms with Crippen molar-refractivity contribution in [2.75, 3.05) is 13.2 Å². The maximum Gasteiger partial charge on any atom is 0.305 e. The Morgan fingerprint density at radius 3 is 1.20 bits per heavy atom. The number of rotatable bonds is 54. The van der Waals surface area contributed by atoms with E-state index >= 15 is 0 Å². The average molecular weight is 917 g/mol. The van der Waals surface area contributed by atoms with Gasteiger partial charge in [-0.05, 0) is 57.8 Å². The van der Waals surface area contributed by atoms with E-state index in [0.29, 0.717) is 25.9 Å². The lowest BCUT2D eigenvalue weighted by molar-refractivity contribution is -0.143. The molecule has 0 heterocycles. The number of hydrogen-bond donors (Lipinski definition) is 3. The Labute approximate surface area is 405 Å². The number of allylic oxidation sites excluding steroid dienone is 4. The second-order valence-corrected chi connectivity index (χ2v) is 20.0. The van der Waals surface area contributed by atoms with Crippen molar-refractivity contribution in [2.24, 2.45) is 0 Å². The van der Waals surface area contributed by atoms with Crippen molar-refractivity contribution < 1.29 is 24.5 Å². The molecule has 65 heavy (non-hydrogen) atoms. The summed E-state index contributed by atoms with van der Waals surface area (Å²) >= 11 is 0.